The van der Waals surface area contributed by atoms with E-state index in [9.17, 15) is 0 Å². The maximum atomic E-state index is 4.08. The Balaban J connectivity index is 1.93. The number of anilines is 1. The molecule has 13 heavy (non-hydrogen) atoms. The molecule has 0 bridgehead atoms. The van der Waals surface area contributed by atoms with Crippen LogP contribution in [-0.2, 0) is 6.54 Å². The Bertz CT molecular complexity index is 364. The molecule has 2 heterocycles. The van der Waals surface area contributed by atoms with Crippen molar-refractivity contribution in [2.24, 2.45) is 0 Å². The van der Waals surface area contributed by atoms with Gasteiger partial charge in [0, 0.05) is 22.1 Å². The Kier molecular flexibility index (Phi) is 2.31. The molecule has 0 aliphatic carbocycles. The number of aryl methyl sites for hydroxylation is 1. The Hall–Kier alpha value is -1.29. The van der Waals surface area contributed by atoms with Crippen LogP contribution < -0.4 is 5.32 Å². The first kappa shape index (κ1) is 8.31. The van der Waals surface area contributed by atoms with Crippen molar-refractivity contribution < 1.29 is 0 Å². The number of imidazole rings is 1. The molecule has 2 rings (SSSR count). The van der Waals surface area contributed by atoms with Crippen molar-refractivity contribution in [1.29, 1.82) is 0 Å². The van der Waals surface area contributed by atoms with Crippen LogP contribution in [0.4, 0.5) is 5.95 Å². The molecule has 0 spiro atoms. The minimum Gasteiger partial charge on any atom is -0.351 e. The second kappa shape index (κ2) is 3.62. The van der Waals surface area contributed by atoms with Crippen LogP contribution in [0.25, 0.3) is 0 Å². The Morgan fingerprint density at radius 3 is 3.08 bits per heavy atom. The third-order valence-electron chi connectivity index (χ3n) is 1.72. The lowest BCUT2D eigenvalue weighted by Crippen LogP contribution is -1.98. The van der Waals surface area contributed by atoms with Gasteiger partial charge in [0.1, 0.15) is 0 Å². The molecule has 0 radical (unpaired) electrons. The van der Waals surface area contributed by atoms with E-state index in [0.29, 0.717) is 0 Å². The Morgan fingerprint density at radius 2 is 2.46 bits per heavy atom. The number of aromatic nitrogens is 2. The number of aromatic amines is 1. The zero-order valence-electron chi connectivity index (χ0n) is 7.37. The largest absolute Gasteiger partial charge is 0.351 e. The predicted octanol–water partition coefficient (Wildman–Crippen LogP) is 2.39. The van der Waals surface area contributed by atoms with Gasteiger partial charge in [-0.1, -0.05) is 0 Å². The maximum Gasteiger partial charge on any atom is 0.200 e. The summed E-state index contributed by atoms with van der Waals surface area (Å²) in [5.41, 5.74) is 0. The summed E-state index contributed by atoms with van der Waals surface area (Å²) in [6.07, 6.45) is 3.55. The van der Waals surface area contributed by atoms with Gasteiger partial charge in [-0.3, -0.25) is 0 Å². The minimum atomic E-state index is 0.825. The summed E-state index contributed by atoms with van der Waals surface area (Å²) < 4.78 is 0. The number of hydrogen-bond donors (Lipinski definition) is 2. The van der Waals surface area contributed by atoms with Crippen LogP contribution in [0.2, 0.25) is 0 Å². The van der Waals surface area contributed by atoms with Crippen molar-refractivity contribution in [3.8, 4) is 0 Å². The zero-order valence-corrected chi connectivity index (χ0v) is 8.19. The fraction of sp³-hybridized carbons (Fsp3) is 0.222. The molecule has 68 valence electrons. The van der Waals surface area contributed by atoms with Crippen LogP contribution in [0.1, 0.15) is 9.75 Å². The smallest absolute Gasteiger partial charge is 0.200 e. The molecule has 2 aromatic rings. The number of nitrogens with one attached hydrogen (secondary N) is 2. The minimum absolute atomic E-state index is 0.825. The molecule has 0 aliphatic heterocycles. The molecule has 4 heteroatoms. The van der Waals surface area contributed by atoms with E-state index in [-0.39, 0.29) is 0 Å². The summed E-state index contributed by atoms with van der Waals surface area (Å²) in [4.78, 5) is 9.74. The lowest BCUT2D eigenvalue weighted by molar-refractivity contribution is 1.12. The van der Waals surface area contributed by atoms with E-state index in [4.69, 9.17) is 0 Å². The van der Waals surface area contributed by atoms with Gasteiger partial charge in [0.2, 0.25) is 0 Å². The highest BCUT2D eigenvalue weighted by atomic mass is 32.1. The van der Waals surface area contributed by atoms with E-state index in [2.05, 4.69) is 34.3 Å². The van der Waals surface area contributed by atoms with Gasteiger partial charge >= 0.3 is 0 Å². The summed E-state index contributed by atoms with van der Waals surface area (Å²) >= 11 is 1.81. The molecule has 0 fully saturated rings. The summed E-state index contributed by atoms with van der Waals surface area (Å²) in [7, 11) is 0. The quantitative estimate of drug-likeness (QED) is 0.785. The van der Waals surface area contributed by atoms with Crippen molar-refractivity contribution in [3.05, 3.63) is 34.3 Å². The van der Waals surface area contributed by atoms with E-state index in [1.54, 1.807) is 17.5 Å². The standard InChI is InChI=1S/C9H11N3S/c1-7-2-3-8(13-7)6-12-9-10-4-5-11-9/h2-5H,6H2,1H3,(H2,10,11,12). The first-order valence-corrected chi connectivity index (χ1v) is 4.95. The molecule has 0 atom stereocenters. The molecule has 0 amide bonds. The SMILES string of the molecule is Cc1ccc(CNc2ncc[nH]2)s1. The lowest BCUT2D eigenvalue weighted by atomic mass is 10.4. The fourth-order valence-electron chi connectivity index (χ4n) is 1.11. The van der Waals surface area contributed by atoms with Crippen LogP contribution in [0, 0.1) is 6.92 Å². The van der Waals surface area contributed by atoms with Crippen LogP contribution in [0.3, 0.4) is 0 Å². The van der Waals surface area contributed by atoms with Gasteiger partial charge in [-0.25, -0.2) is 4.98 Å². The second-order valence-corrected chi connectivity index (χ2v) is 4.18. The van der Waals surface area contributed by atoms with Crippen LogP contribution in [0.5, 0.6) is 0 Å². The van der Waals surface area contributed by atoms with Crippen molar-refractivity contribution in [1.82, 2.24) is 9.97 Å². The predicted molar refractivity (Wildman–Crippen MR) is 55.0 cm³/mol. The molecule has 2 aromatic heterocycles. The lowest BCUT2D eigenvalue weighted by Gasteiger charge is -1.98. The van der Waals surface area contributed by atoms with E-state index in [1.807, 2.05) is 6.20 Å². The molecular weight excluding hydrogens is 182 g/mol. The van der Waals surface area contributed by atoms with Crippen molar-refractivity contribution in [2.75, 3.05) is 5.32 Å². The number of nitrogens with zero attached hydrogens (tertiary/aromatic N) is 1. The first-order chi connectivity index (χ1) is 6.34. The Labute approximate surface area is 80.8 Å². The van der Waals surface area contributed by atoms with Crippen molar-refractivity contribution in [3.63, 3.8) is 0 Å². The number of rotatable bonds is 3. The van der Waals surface area contributed by atoms with Crippen LogP contribution in [-0.4, -0.2) is 9.97 Å². The van der Waals surface area contributed by atoms with Gasteiger partial charge in [-0.15, -0.1) is 11.3 Å². The van der Waals surface area contributed by atoms with Crippen LogP contribution in [0.15, 0.2) is 24.5 Å². The van der Waals surface area contributed by atoms with Crippen molar-refractivity contribution in [2.45, 2.75) is 13.5 Å². The summed E-state index contributed by atoms with van der Waals surface area (Å²) in [6, 6.07) is 4.26. The van der Waals surface area contributed by atoms with E-state index in [0.717, 1.165) is 12.5 Å². The highest BCUT2D eigenvalue weighted by Crippen LogP contribution is 2.15. The van der Waals surface area contributed by atoms with E-state index < -0.39 is 0 Å². The summed E-state index contributed by atoms with van der Waals surface area (Å²) in [5, 5.41) is 3.20. The van der Waals surface area contributed by atoms with Gasteiger partial charge in [0.25, 0.3) is 0 Å². The fourth-order valence-corrected chi connectivity index (χ4v) is 1.94. The average Bonchev–Trinajstić information content (AvgIpc) is 2.71. The molecular formula is C9H11N3S. The van der Waals surface area contributed by atoms with Gasteiger partial charge in [0.15, 0.2) is 5.95 Å². The normalized spacial score (nSPS) is 10.2. The van der Waals surface area contributed by atoms with Gasteiger partial charge in [-0.05, 0) is 19.1 Å². The third-order valence-corrected chi connectivity index (χ3v) is 2.72. The second-order valence-electron chi connectivity index (χ2n) is 2.80. The number of thiophene rings is 1. The molecule has 3 nitrogen and oxygen atoms in total. The summed E-state index contributed by atoms with van der Waals surface area (Å²) in [6.45, 7) is 2.95. The highest BCUT2D eigenvalue weighted by molar-refractivity contribution is 7.11. The monoisotopic (exact) mass is 193 g/mol. The topological polar surface area (TPSA) is 40.7 Å². The number of H-pyrrole nitrogens is 1. The van der Waals surface area contributed by atoms with Gasteiger partial charge in [-0.2, -0.15) is 0 Å². The highest BCUT2D eigenvalue weighted by Gasteiger charge is 1.97. The molecule has 0 unspecified atom stereocenters. The zero-order chi connectivity index (χ0) is 9.10. The van der Waals surface area contributed by atoms with Gasteiger partial charge in [0.05, 0.1) is 6.54 Å². The van der Waals surface area contributed by atoms with Crippen LogP contribution >= 0.6 is 11.3 Å². The summed E-state index contributed by atoms with van der Waals surface area (Å²) in [5.74, 6) is 0.825. The molecule has 0 saturated carbocycles. The molecule has 0 aromatic carbocycles. The first-order valence-electron chi connectivity index (χ1n) is 4.13. The molecule has 0 aliphatic rings. The van der Waals surface area contributed by atoms with Crippen molar-refractivity contribution >= 4 is 17.3 Å². The molecule has 0 saturated heterocycles. The Morgan fingerprint density at radius 1 is 1.54 bits per heavy atom. The number of hydrogen-bond acceptors (Lipinski definition) is 3. The maximum absolute atomic E-state index is 4.08. The average molecular weight is 193 g/mol. The molecule has 2 N–H and O–H groups in total. The van der Waals surface area contributed by atoms with E-state index >= 15 is 0 Å². The third kappa shape index (κ3) is 2.09. The van der Waals surface area contributed by atoms with Gasteiger partial charge < -0.3 is 10.3 Å². The van der Waals surface area contributed by atoms with E-state index in [1.165, 1.54) is 9.75 Å².